The Hall–Kier alpha value is -6.97. The summed E-state index contributed by atoms with van der Waals surface area (Å²) in [6.45, 7) is 0. The van der Waals surface area contributed by atoms with E-state index in [1.54, 1.807) is 0 Å². The molecule has 0 spiro atoms. The minimum atomic E-state index is 0.631. The van der Waals surface area contributed by atoms with E-state index in [4.69, 9.17) is 15.0 Å². The molecule has 0 amide bonds. The summed E-state index contributed by atoms with van der Waals surface area (Å²) in [6, 6.07) is 70.1. The van der Waals surface area contributed by atoms with Gasteiger partial charge in [-0.2, -0.15) is 0 Å². The van der Waals surface area contributed by atoms with Gasteiger partial charge in [-0.25, -0.2) is 15.0 Å². The van der Waals surface area contributed by atoms with E-state index < -0.39 is 0 Å². The first-order chi connectivity index (χ1) is 25.8. The van der Waals surface area contributed by atoms with Gasteiger partial charge in [-0.05, 0) is 61.3 Å². The van der Waals surface area contributed by atoms with E-state index in [0.29, 0.717) is 17.5 Å². The van der Waals surface area contributed by atoms with Gasteiger partial charge in [0, 0.05) is 16.7 Å². The Morgan fingerprint density at radius 1 is 0.231 bits per heavy atom. The third-order valence-electron chi connectivity index (χ3n) is 9.58. The third kappa shape index (κ3) is 5.95. The first-order valence-electron chi connectivity index (χ1n) is 17.5. The Kier molecular flexibility index (Phi) is 8.20. The molecule has 0 aliphatic rings. The molecular weight excluding hydrogens is 631 g/mol. The van der Waals surface area contributed by atoms with Crippen molar-refractivity contribution >= 4 is 10.8 Å². The van der Waals surface area contributed by atoms with Gasteiger partial charge in [0.1, 0.15) is 0 Å². The number of aromatic nitrogens is 3. The summed E-state index contributed by atoms with van der Waals surface area (Å²) in [5.41, 5.74) is 12.1. The van der Waals surface area contributed by atoms with Crippen molar-refractivity contribution in [1.82, 2.24) is 15.0 Å². The lowest BCUT2D eigenvalue weighted by molar-refractivity contribution is 1.07. The van der Waals surface area contributed by atoms with Crippen molar-refractivity contribution < 1.29 is 0 Å². The van der Waals surface area contributed by atoms with Gasteiger partial charge >= 0.3 is 0 Å². The summed E-state index contributed by atoms with van der Waals surface area (Å²) in [7, 11) is 0. The summed E-state index contributed by atoms with van der Waals surface area (Å²) in [5, 5.41) is 2.47. The Labute approximate surface area is 303 Å². The molecule has 0 fully saturated rings. The van der Waals surface area contributed by atoms with Crippen molar-refractivity contribution in [3.63, 3.8) is 0 Å². The van der Waals surface area contributed by atoms with Gasteiger partial charge in [0.15, 0.2) is 17.5 Å². The Balaban J connectivity index is 1.24. The van der Waals surface area contributed by atoms with Gasteiger partial charge in [0.25, 0.3) is 0 Å². The first kappa shape index (κ1) is 31.0. The second-order valence-electron chi connectivity index (χ2n) is 12.8. The lowest BCUT2D eigenvalue weighted by atomic mass is 9.85. The number of hydrogen-bond donors (Lipinski definition) is 0. The second kappa shape index (κ2) is 13.7. The number of nitrogens with zero attached hydrogens (tertiary/aromatic N) is 3. The van der Waals surface area contributed by atoms with Gasteiger partial charge in [-0.1, -0.05) is 194 Å². The van der Waals surface area contributed by atoms with Crippen LogP contribution in [0.4, 0.5) is 0 Å². The standard InChI is InChI=1S/C49H33N3/c1-4-17-35(18-5-1)46-33-38(49-51-47(36-20-6-2-7-21-36)50-48(52-49)37-22-8-3-9-23-37)31-32-45(46)44-29-15-14-28-43(44)42-27-13-12-26-41(42)40-30-16-24-34-19-10-11-25-39(34)40/h1-33H. The maximum Gasteiger partial charge on any atom is 0.164 e. The van der Waals surface area contributed by atoms with E-state index in [2.05, 4.69) is 140 Å². The van der Waals surface area contributed by atoms with Crippen LogP contribution < -0.4 is 0 Å². The molecule has 0 N–H and O–H groups in total. The van der Waals surface area contributed by atoms with E-state index in [-0.39, 0.29) is 0 Å². The normalized spacial score (nSPS) is 11.1. The largest absolute Gasteiger partial charge is 0.208 e. The van der Waals surface area contributed by atoms with E-state index in [9.17, 15) is 0 Å². The molecule has 0 bridgehead atoms. The van der Waals surface area contributed by atoms with Gasteiger partial charge in [-0.3, -0.25) is 0 Å². The maximum absolute atomic E-state index is 5.05. The van der Waals surface area contributed by atoms with Crippen molar-refractivity contribution in [1.29, 1.82) is 0 Å². The molecule has 1 heterocycles. The van der Waals surface area contributed by atoms with Crippen molar-refractivity contribution in [2.75, 3.05) is 0 Å². The minimum Gasteiger partial charge on any atom is -0.208 e. The minimum absolute atomic E-state index is 0.631. The van der Waals surface area contributed by atoms with Crippen LogP contribution in [0.5, 0.6) is 0 Å². The summed E-state index contributed by atoms with van der Waals surface area (Å²) >= 11 is 0. The van der Waals surface area contributed by atoms with Crippen LogP contribution in [-0.4, -0.2) is 15.0 Å². The number of fused-ring (bicyclic) bond motifs is 1. The summed E-state index contributed by atoms with van der Waals surface area (Å²) in [5.74, 6) is 1.92. The van der Waals surface area contributed by atoms with Gasteiger partial charge < -0.3 is 0 Å². The van der Waals surface area contributed by atoms with Crippen molar-refractivity contribution in [3.05, 3.63) is 200 Å². The van der Waals surface area contributed by atoms with Crippen molar-refractivity contribution in [3.8, 4) is 78.7 Å². The van der Waals surface area contributed by atoms with Gasteiger partial charge in [-0.15, -0.1) is 0 Å². The Morgan fingerprint density at radius 3 is 1.17 bits per heavy atom. The molecule has 0 atom stereocenters. The van der Waals surface area contributed by atoms with Crippen LogP contribution in [-0.2, 0) is 0 Å². The summed E-state index contributed by atoms with van der Waals surface area (Å²) in [6.07, 6.45) is 0. The third-order valence-corrected chi connectivity index (χ3v) is 9.58. The van der Waals surface area contributed by atoms with Crippen LogP contribution in [0.2, 0.25) is 0 Å². The fourth-order valence-corrected chi connectivity index (χ4v) is 7.08. The summed E-state index contributed by atoms with van der Waals surface area (Å²) < 4.78 is 0. The molecule has 9 aromatic rings. The van der Waals surface area contributed by atoms with Gasteiger partial charge in [0.05, 0.1) is 0 Å². The molecule has 1 aromatic heterocycles. The highest BCUT2D eigenvalue weighted by molar-refractivity contribution is 6.03. The molecule has 0 saturated carbocycles. The van der Waals surface area contributed by atoms with E-state index in [1.165, 1.54) is 33.0 Å². The fourth-order valence-electron chi connectivity index (χ4n) is 7.08. The van der Waals surface area contributed by atoms with E-state index >= 15 is 0 Å². The highest BCUT2D eigenvalue weighted by atomic mass is 15.0. The van der Waals surface area contributed by atoms with Crippen LogP contribution in [0.15, 0.2) is 200 Å². The monoisotopic (exact) mass is 663 g/mol. The van der Waals surface area contributed by atoms with Crippen LogP contribution in [0, 0.1) is 0 Å². The smallest absolute Gasteiger partial charge is 0.164 e. The highest BCUT2D eigenvalue weighted by Gasteiger charge is 2.19. The van der Waals surface area contributed by atoms with Crippen LogP contribution in [0.25, 0.3) is 89.4 Å². The molecule has 0 aliphatic heterocycles. The Bertz CT molecular complexity index is 2610. The lowest BCUT2D eigenvalue weighted by Gasteiger charge is -2.19. The van der Waals surface area contributed by atoms with Crippen LogP contribution >= 0.6 is 0 Å². The van der Waals surface area contributed by atoms with E-state index in [0.717, 1.165) is 38.9 Å². The van der Waals surface area contributed by atoms with Crippen LogP contribution in [0.3, 0.4) is 0 Å². The molecule has 3 nitrogen and oxygen atoms in total. The fraction of sp³-hybridized carbons (Fsp3) is 0. The number of hydrogen-bond acceptors (Lipinski definition) is 3. The van der Waals surface area contributed by atoms with Crippen LogP contribution in [0.1, 0.15) is 0 Å². The molecule has 0 unspecified atom stereocenters. The SMILES string of the molecule is c1ccc(-c2nc(-c3ccccc3)nc(-c3ccc(-c4ccccc4-c4ccccc4-c4cccc5ccccc45)c(-c4ccccc4)c3)n2)cc1. The average Bonchev–Trinajstić information content (AvgIpc) is 3.24. The van der Waals surface area contributed by atoms with Crippen molar-refractivity contribution in [2.45, 2.75) is 0 Å². The molecule has 0 saturated heterocycles. The summed E-state index contributed by atoms with van der Waals surface area (Å²) in [4.78, 5) is 15.0. The molecule has 8 aromatic carbocycles. The zero-order valence-corrected chi connectivity index (χ0v) is 28.4. The second-order valence-corrected chi connectivity index (χ2v) is 12.8. The Morgan fingerprint density at radius 2 is 0.615 bits per heavy atom. The maximum atomic E-state index is 5.05. The van der Waals surface area contributed by atoms with Gasteiger partial charge in [0.2, 0.25) is 0 Å². The number of rotatable bonds is 7. The quantitative estimate of drug-likeness (QED) is 0.170. The predicted octanol–water partition coefficient (Wildman–Crippen LogP) is 12.7. The molecule has 3 heteroatoms. The molecule has 0 aliphatic carbocycles. The van der Waals surface area contributed by atoms with E-state index in [1.807, 2.05) is 60.7 Å². The highest BCUT2D eigenvalue weighted by Crippen LogP contribution is 2.43. The molecule has 9 rings (SSSR count). The zero-order chi connectivity index (χ0) is 34.7. The zero-order valence-electron chi connectivity index (χ0n) is 28.4. The average molecular weight is 664 g/mol. The molecule has 244 valence electrons. The molecular formula is C49H33N3. The van der Waals surface area contributed by atoms with Crippen molar-refractivity contribution in [2.24, 2.45) is 0 Å². The topological polar surface area (TPSA) is 38.7 Å². The first-order valence-corrected chi connectivity index (χ1v) is 17.5. The number of benzene rings is 8. The predicted molar refractivity (Wildman–Crippen MR) is 215 cm³/mol. The lowest BCUT2D eigenvalue weighted by Crippen LogP contribution is -2.00. The molecule has 0 radical (unpaired) electrons. The molecule has 52 heavy (non-hydrogen) atoms.